The zero-order valence-corrected chi connectivity index (χ0v) is 8.77. The van der Waals surface area contributed by atoms with Crippen molar-refractivity contribution in [2.45, 2.75) is 0 Å². The van der Waals surface area contributed by atoms with Crippen LogP contribution in [0.4, 0.5) is 0 Å². The van der Waals surface area contributed by atoms with E-state index in [0.29, 0.717) is 4.77 Å². The van der Waals surface area contributed by atoms with E-state index in [0.717, 1.165) is 16.1 Å². The molecule has 14 heavy (non-hydrogen) atoms. The van der Waals surface area contributed by atoms with Crippen LogP contribution in [0, 0.1) is 4.77 Å². The average molecular weight is 223 g/mol. The van der Waals surface area contributed by atoms with Crippen LogP contribution < -0.4 is 0 Å². The van der Waals surface area contributed by atoms with E-state index in [4.69, 9.17) is 23.8 Å². The third-order valence-electron chi connectivity index (χ3n) is 1.85. The molecule has 4 heteroatoms. The second-order valence-electron chi connectivity index (χ2n) is 2.81. The molecule has 0 atom stereocenters. The van der Waals surface area contributed by atoms with E-state index >= 15 is 0 Å². The molecule has 1 aromatic heterocycles. The van der Waals surface area contributed by atoms with Crippen LogP contribution in [0.15, 0.2) is 36.7 Å². The maximum absolute atomic E-state index is 5.78. The largest absolute Gasteiger partial charge is 0.337 e. The number of aromatic nitrogens is 2. The summed E-state index contributed by atoms with van der Waals surface area (Å²) in [6, 6.07) is 7.57. The number of halogens is 1. The zero-order valence-electron chi connectivity index (χ0n) is 7.20. The van der Waals surface area contributed by atoms with Crippen molar-refractivity contribution in [2.24, 2.45) is 0 Å². The van der Waals surface area contributed by atoms with Gasteiger partial charge in [-0.05, 0) is 29.9 Å². The van der Waals surface area contributed by atoms with Crippen molar-refractivity contribution in [1.82, 2.24) is 9.97 Å². The highest BCUT2D eigenvalue weighted by Crippen LogP contribution is 2.19. The van der Waals surface area contributed by atoms with Gasteiger partial charge in [0.15, 0.2) is 4.77 Å². The Balaban J connectivity index is 2.44. The van der Waals surface area contributed by atoms with Crippen molar-refractivity contribution >= 4 is 23.8 Å². The molecule has 1 heterocycles. The van der Waals surface area contributed by atoms with Crippen LogP contribution in [-0.4, -0.2) is 9.97 Å². The predicted molar refractivity (Wildman–Crippen MR) is 59.9 cm³/mol. The van der Waals surface area contributed by atoms with Gasteiger partial charge in [0.25, 0.3) is 0 Å². The molecule has 0 unspecified atom stereocenters. The molecule has 0 saturated heterocycles. The Morgan fingerprint density at radius 2 is 1.86 bits per heavy atom. The second-order valence-corrected chi connectivity index (χ2v) is 3.64. The van der Waals surface area contributed by atoms with Crippen LogP contribution in [0.1, 0.15) is 0 Å². The molecule has 1 aromatic carbocycles. The molecule has 0 amide bonds. The van der Waals surface area contributed by atoms with Gasteiger partial charge >= 0.3 is 0 Å². The highest BCUT2D eigenvalue weighted by atomic mass is 35.5. The molecule has 0 saturated carbocycles. The van der Waals surface area contributed by atoms with Crippen molar-refractivity contribution in [1.29, 1.82) is 0 Å². The number of H-pyrrole nitrogens is 1. The number of benzene rings is 1. The third kappa shape index (κ3) is 2.00. The molecule has 0 aliphatic rings. The normalized spacial score (nSPS) is 10.1. The monoisotopic (exact) mass is 222 g/mol. The lowest BCUT2D eigenvalue weighted by Crippen LogP contribution is -1.83. The zero-order chi connectivity index (χ0) is 9.97. The summed E-state index contributed by atoms with van der Waals surface area (Å²) in [6.07, 6.45) is 3.57. The first-order chi connectivity index (χ1) is 6.75. The molecule has 2 aromatic rings. The summed E-state index contributed by atoms with van der Waals surface area (Å²) < 4.78 is 0.489. The molecule has 0 spiro atoms. The van der Waals surface area contributed by atoms with Crippen molar-refractivity contribution in [2.75, 3.05) is 0 Å². The summed E-state index contributed by atoms with van der Waals surface area (Å²) in [6.45, 7) is 0. The first-order valence-electron chi connectivity index (χ1n) is 4.06. The summed E-state index contributed by atoms with van der Waals surface area (Å²) in [5.41, 5.74) is 2.06. The van der Waals surface area contributed by atoms with E-state index in [9.17, 15) is 0 Å². The lowest BCUT2D eigenvalue weighted by Gasteiger charge is -1.99. The summed E-state index contributed by atoms with van der Waals surface area (Å²) in [5, 5.41) is 0.727. The van der Waals surface area contributed by atoms with Crippen LogP contribution in [0.2, 0.25) is 5.02 Å². The standard InChI is InChI=1S/C10H7ClN2S/c11-9-3-1-7(2-4-9)8-5-12-10(14)13-6-8/h1-6H,(H,12,13,14). The van der Waals surface area contributed by atoms with E-state index < -0.39 is 0 Å². The lowest BCUT2D eigenvalue weighted by atomic mass is 10.1. The first-order valence-corrected chi connectivity index (χ1v) is 4.85. The molecule has 0 fully saturated rings. The highest BCUT2D eigenvalue weighted by Gasteiger charge is 1.96. The second kappa shape index (κ2) is 3.90. The predicted octanol–water partition coefficient (Wildman–Crippen LogP) is 3.46. The van der Waals surface area contributed by atoms with Gasteiger partial charge in [0.05, 0.1) is 0 Å². The van der Waals surface area contributed by atoms with Crippen LogP contribution in [0.25, 0.3) is 11.1 Å². The Hall–Kier alpha value is -1.19. The summed E-state index contributed by atoms with van der Waals surface area (Å²) in [4.78, 5) is 6.89. The van der Waals surface area contributed by atoms with E-state index in [1.807, 2.05) is 30.5 Å². The van der Waals surface area contributed by atoms with Gasteiger partial charge in [-0.2, -0.15) is 0 Å². The van der Waals surface area contributed by atoms with Crippen molar-refractivity contribution < 1.29 is 0 Å². The molecule has 70 valence electrons. The number of nitrogens with zero attached hydrogens (tertiary/aromatic N) is 1. The Morgan fingerprint density at radius 3 is 2.43 bits per heavy atom. The van der Waals surface area contributed by atoms with Gasteiger partial charge < -0.3 is 4.98 Å². The average Bonchev–Trinajstić information content (AvgIpc) is 2.21. The third-order valence-corrected chi connectivity index (χ3v) is 2.32. The molecular formula is C10H7ClN2S. The van der Waals surface area contributed by atoms with E-state index in [1.54, 1.807) is 6.20 Å². The maximum Gasteiger partial charge on any atom is 0.196 e. The van der Waals surface area contributed by atoms with E-state index in [2.05, 4.69) is 9.97 Å². The highest BCUT2D eigenvalue weighted by molar-refractivity contribution is 7.71. The number of hydrogen-bond donors (Lipinski definition) is 1. The van der Waals surface area contributed by atoms with E-state index in [-0.39, 0.29) is 0 Å². The first kappa shape index (κ1) is 9.37. The maximum atomic E-state index is 5.78. The molecule has 0 bridgehead atoms. The lowest BCUT2D eigenvalue weighted by molar-refractivity contribution is 1.14. The minimum Gasteiger partial charge on any atom is -0.337 e. The fourth-order valence-electron chi connectivity index (χ4n) is 1.14. The Labute approximate surface area is 91.6 Å². The summed E-state index contributed by atoms with van der Waals surface area (Å²) >= 11 is 10.6. The van der Waals surface area contributed by atoms with E-state index in [1.165, 1.54) is 0 Å². The molecule has 0 radical (unpaired) electrons. The smallest absolute Gasteiger partial charge is 0.196 e. The SMILES string of the molecule is S=c1ncc(-c2ccc(Cl)cc2)c[nH]1. The molecule has 1 N–H and O–H groups in total. The van der Waals surface area contributed by atoms with Crippen LogP contribution in [0.3, 0.4) is 0 Å². The Morgan fingerprint density at radius 1 is 1.14 bits per heavy atom. The van der Waals surface area contributed by atoms with Crippen molar-refractivity contribution in [3.63, 3.8) is 0 Å². The van der Waals surface area contributed by atoms with Gasteiger partial charge in [0.1, 0.15) is 0 Å². The van der Waals surface area contributed by atoms with Gasteiger partial charge in [-0.1, -0.05) is 23.7 Å². The van der Waals surface area contributed by atoms with Crippen LogP contribution in [0.5, 0.6) is 0 Å². The van der Waals surface area contributed by atoms with Gasteiger partial charge in [-0.25, -0.2) is 4.98 Å². The van der Waals surface area contributed by atoms with Crippen LogP contribution in [-0.2, 0) is 0 Å². The minimum absolute atomic E-state index is 0.489. The number of rotatable bonds is 1. The van der Waals surface area contributed by atoms with Crippen molar-refractivity contribution in [3.8, 4) is 11.1 Å². The fourth-order valence-corrected chi connectivity index (χ4v) is 1.38. The number of hydrogen-bond acceptors (Lipinski definition) is 2. The van der Waals surface area contributed by atoms with Crippen LogP contribution >= 0.6 is 23.8 Å². The Bertz CT molecular complexity index is 470. The molecule has 0 aliphatic carbocycles. The quantitative estimate of drug-likeness (QED) is 0.749. The topological polar surface area (TPSA) is 28.7 Å². The molecule has 2 rings (SSSR count). The van der Waals surface area contributed by atoms with Gasteiger partial charge in [-0.15, -0.1) is 0 Å². The molecule has 0 aliphatic heterocycles. The molecule has 2 nitrogen and oxygen atoms in total. The summed E-state index contributed by atoms with van der Waals surface area (Å²) in [5.74, 6) is 0. The molecular weight excluding hydrogens is 216 g/mol. The number of nitrogens with one attached hydrogen (secondary N) is 1. The summed E-state index contributed by atoms with van der Waals surface area (Å²) in [7, 11) is 0. The number of aromatic amines is 1. The van der Waals surface area contributed by atoms with Gasteiger partial charge in [0.2, 0.25) is 0 Å². The van der Waals surface area contributed by atoms with Crippen molar-refractivity contribution in [3.05, 3.63) is 46.5 Å². The Kier molecular flexibility index (Phi) is 2.61. The fraction of sp³-hybridized carbons (Fsp3) is 0. The minimum atomic E-state index is 0.489. The van der Waals surface area contributed by atoms with Gasteiger partial charge in [0, 0.05) is 23.0 Å². The van der Waals surface area contributed by atoms with Gasteiger partial charge in [-0.3, -0.25) is 0 Å².